The Labute approximate surface area is 145 Å². The monoisotopic (exact) mass is 342 g/mol. The molecule has 1 amide bonds. The number of nitrogens with one attached hydrogen (secondary N) is 1. The quantitative estimate of drug-likeness (QED) is 0.775. The molecule has 0 aliphatic heterocycles. The van der Waals surface area contributed by atoms with Crippen LogP contribution in [-0.4, -0.2) is 24.6 Å². The van der Waals surface area contributed by atoms with Gasteiger partial charge in [-0.2, -0.15) is 5.26 Å². The minimum atomic E-state index is -0.886. The van der Waals surface area contributed by atoms with Gasteiger partial charge in [0.05, 0.1) is 23.9 Å². The van der Waals surface area contributed by atoms with E-state index >= 15 is 0 Å². The molecular formula is C18H18N2O5. The van der Waals surface area contributed by atoms with E-state index in [1.54, 1.807) is 43.3 Å². The number of amides is 1. The summed E-state index contributed by atoms with van der Waals surface area (Å²) in [5.74, 6) is -0.0653. The van der Waals surface area contributed by atoms with Gasteiger partial charge < -0.3 is 19.2 Å². The molecule has 0 aliphatic carbocycles. The molecule has 0 spiro atoms. The summed E-state index contributed by atoms with van der Waals surface area (Å²) in [4.78, 5) is 23.7. The highest BCUT2D eigenvalue weighted by molar-refractivity contribution is 5.82. The molecule has 2 aromatic rings. The number of benzene rings is 1. The topological polar surface area (TPSA) is 102 Å². The van der Waals surface area contributed by atoms with Crippen molar-refractivity contribution in [3.8, 4) is 11.8 Å². The number of nitriles is 1. The van der Waals surface area contributed by atoms with E-state index in [4.69, 9.17) is 19.2 Å². The number of furan rings is 1. The number of carbonyl (C=O) groups is 2. The first-order chi connectivity index (χ1) is 12.0. The maximum atomic E-state index is 11.9. The van der Waals surface area contributed by atoms with E-state index in [2.05, 4.69) is 5.32 Å². The zero-order valence-corrected chi connectivity index (χ0v) is 13.9. The number of nitrogens with zero attached hydrogens (tertiary/aromatic N) is 1. The van der Waals surface area contributed by atoms with Gasteiger partial charge in [-0.1, -0.05) is 0 Å². The molecule has 1 aromatic carbocycles. The van der Waals surface area contributed by atoms with Gasteiger partial charge in [-0.3, -0.25) is 4.79 Å². The molecule has 0 aliphatic rings. The van der Waals surface area contributed by atoms with Gasteiger partial charge in [0, 0.05) is 0 Å². The molecule has 2 rings (SSSR count). The molecule has 1 N–H and O–H groups in total. The zero-order valence-electron chi connectivity index (χ0n) is 13.9. The van der Waals surface area contributed by atoms with E-state index in [-0.39, 0.29) is 6.04 Å². The third kappa shape index (κ3) is 5.39. The Balaban J connectivity index is 1.76. The van der Waals surface area contributed by atoms with E-state index in [9.17, 15) is 9.59 Å². The summed E-state index contributed by atoms with van der Waals surface area (Å²) >= 11 is 0. The van der Waals surface area contributed by atoms with Crippen molar-refractivity contribution in [1.29, 1.82) is 5.26 Å². The number of hydrogen-bond donors (Lipinski definition) is 1. The predicted molar refractivity (Wildman–Crippen MR) is 87.5 cm³/mol. The molecular weight excluding hydrogens is 324 g/mol. The van der Waals surface area contributed by atoms with Crippen LogP contribution in [0.3, 0.4) is 0 Å². The summed E-state index contributed by atoms with van der Waals surface area (Å²) < 4.78 is 15.5. The Morgan fingerprint density at radius 1 is 1.24 bits per heavy atom. The first-order valence-corrected chi connectivity index (χ1v) is 7.66. The average molecular weight is 342 g/mol. The smallest absolute Gasteiger partial charge is 0.347 e. The number of esters is 1. The van der Waals surface area contributed by atoms with Crippen molar-refractivity contribution < 1.29 is 23.5 Å². The van der Waals surface area contributed by atoms with Crippen molar-refractivity contribution in [3.05, 3.63) is 54.0 Å². The number of carbonyl (C=O) groups excluding carboxylic acids is 2. The lowest BCUT2D eigenvalue weighted by molar-refractivity contribution is -0.154. The fourth-order valence-electron chi connectivity index (χ4n) is 2.01. The highest BCUT2D eigenvalue weighted by atomic mass is 16.6. The van der Waals surface area contributed by atoms with Gasteiger partial charge in [-0.25, -0.2) is 4.79 Å². The lowest BCUT2D eigenvalue weighted by Crippen LogP contribution is -2.34. The molecule has 0 radical (unpaired) electrons. The van der Waals surface area contributed by atoms with Gasteiger partial charge in [-0.15, -0.1) is 0 Å². The fraction of sp³-hybridized carbons (Fsp3) is 0.278. The molecule has 0 fully saturated rings. The van der Waals surface area contributed by atoms with Crippen molar-refractivity contribution in [2.24, 2.45) is 0 Å². The van der Waals surface area contributed by atoms with Crippen LogP contribution in [0, 0.1) is 11.3 Å². The highest BCUT2D eigenvalue weighted by Gasteiger charge is 2.19. The minimum Gasteiger partial charge on any atom is -0.479 e. The first kappa shape index (κ1) is 18.1. The Morgan fingerprint density at radius 3 is 2.56 bits per heavy atom. The summed E-state index contributed by atoms with van der Waals surface area (Å²) in [6, 6.07) is 11.5. The molecule has 25 heavy (non-hydrogen) atoms. The lowest BCUT2D eigenvalue weighted by Gasteiger charge is -2.15. The summed E-state index contributed by atoms with van der Waals surface area (Å²) in [6.07, 6.45) is 0.628. The van der Waals surface area contributed by atoms with E-state index in [1.165, 1.54) is 13.2 Å². The van der Waals surface area contributed by atoms with Crippen LogP contribution in [0.4, 0.5) is 0 Å². The van der Waals surface area contributed by atoms with Gasteiger partial charge in [0.25, 0.3) is 5.91 Å². The van der Waals surface area contributed by atoms with Crippen LogP contribution >= 0.6 is 0 Å². The number of rotatable bonds is 7. The van der Waals surface area contributed by atoms with Gasteiger partial charge in [0.2, 0.25) is 0 Å². The van der Waals surface area contributed by atoms with E-state index in [0.717, 1.165) is 0 Å². The van der Waals surface area contributed by atoms with Crippen molar-refractivity contribution in [1.82, 2.24) is 5.32 Å². The molecule has 2 atom stereocenters. The third-order valence-electron chi connectivity index (χ3n) is 3.32. The van der Waals surface area contributed by atoms with Gasteiger partial charge >= 0.3 is 5.97 Å². The second kappa shape index (κ2) is 8.55. The van der Waals surface area contributed by atoms with Gasteiger partial charge in [-0.05, 0) is 50.2 Å². The Morgan fingerprint density at radius 2 is 1.96 bits per heavy atom. The van der Waals surface area contributed by atoms with E-state index in [1.807, 2.05) is 6.07 Å². The van der Waals surface area contributed by atoms with E-state index in [0.29, 0.717) is 17.1 Å². The largest absolute Gasteiger partial charge is 0.479 e. The SMILES string of the molecule is C[C@H](Oc1ccc(C#N)cc1)C(=O)OCC(=O)N[C@@H](C)c1ccco1. The summed E-state index contributed by atoms with van der Waals surface area (Å²) in [5, 5.41) is 11.4. The molecule has 7 heteroatoms. The second-order valence-corrected chi connectivity index (χ2v) is 5.31. The van der Waals surface area contributed by atoms with E-state index < -0.39 is 24.6 Å². The van der Waals surface area contributed by atoms with Crippen LogP contribution in [-0.2, 0) is 14.3 Å². The maximum Gasteiger partial charge on any atom is 0.347 e. The van der Waals surface area contributed by atoms with Crippen LogP contribution in [0.25, 0.3) is 0 Å². The molecule has 7 nitrogen and oxygen atoms in total. The highest BCUT2D eigenvalue weighted by Crippen LogP contribution is 2.14. The first-order valence-electron chi connectivity index (χ1n) is 7.66. The Kier molecular flexibility index (Phi) is 6.18. The third-order valence-corrected chi connectivity index (χ3v) is 3.32. The second-order valence-electron chi connectivity index (χ2n) is 5.31. The lowest BCUT2D eigenvalue weighted by atomic mass is 10.2. The number of ether oxygens (including phenoxy) is 2. The molecule has 0 unspecified atom stereocenters. The van der Waals surface area contributed by atoms with Crippen molar-refractivity contribution in [2.75, 3.05) is 6.61 Å². The molecule has 1 heterocycles. The standard InChI is InChI=1S/C18H18N2O5/c1-12(16-4-3-9-23-16)20-17(21)11-24-18(22)13(2)25-15-7-5-14(10-19)6-8-15/h3-9,12-13H,11H2,1-2H3,(H,20,21)/t12-,13-/m0/s1. The van der Waals surface area contributed by atoms with Crippen LogP contribution in [0.5, 0.6) is 5.75 Å². The number of hydrogen-bond acceptors (Lipinski definition) is 6. The maximum absolute atomic E-state index is 11.9. The molecule has 130 valence electrons. The molecule has 0 saturated carbocycles. The summed E-state index contributed by atoms with van der Waals surface area (Å²) in [5.41, 5.74) is 0.491. The van der Waals surface area contributed by atoms with Crippen LogP contribution in [0.1, 0.15) is 31.2 Å². The van der Waals surface area contributed by atoms with Crippen LogP contribution in [0.15, 0.2) is 47.1 Å². The molecule has 0 saturated heterocycles. The van der Waals surface area contributed by atoms with Gasteiger partial charge in [0.1, 0.15) is 11.5 Å². The zero-order chi connectivity index (χ0) is 18.2. The van der Waals surface area contributed by atoms with Gasteiger partial charge in [0.15, 0.2) is 12.7 Å². The van der Waals surface area contributed by atoms with Crippen molar-refractivity contribution in [2.45, 2.75) is 26.0 Å². The fourth-order valence-corrected chi connectivity index (χ4v) is 2.01. The Hall–Kier alpha value is -3.27. The van der Waals surface area contributed by atoms with Crippen molar-refractivity contribution >= 4 is 11.9 Å². The van der Waals surface area contributed by atoms with Crippen LogP contribution < -0.4 is 10.1 Å². The minimum absolute atomic E-state index is 0.325. The summed E-state index contributed by atoms with van der Waals surface area (Å²) in [6.45, 7) is 2.87. The molecule has 0 bridgehead atoms. The van der Waals surface area contributed by atoms with Crippen molar-refractivity contribution in [3.63, 3.8) is 0 Å². The van der Waals surface area contributed by atoms with Crippen LogP contribution in [0.2, 0.25) is 0 Å². The Bertz CT molecular complexity index is 747. The average Bonchev–Trinajstić information content (AvgIpc) is 3.15. The molecule has 1 aromatic heterocycles. The summed E-state index contributed by atoms with van der Waals surface area (Å²) in [7, 11) is 0. The predicted octanol–water partition coefficient (Wildman–Crippen LogP) is 2.34. The normalized spacial score (nSPS) is 12.5.